The summed E-state index contributed by atoms with van der Waals surface area (Å²) >= 11 is 0. The van der Waals surface area contributed by atoms with Gasteiger partial charge < -0.3 is 10.6 Å². The minimum absolute atomic E-state index is 0.0475. The maximum atomic E-state index is 12.0. The lowest BCUT2D eigenvalue weighted by Crippen LogP contribution is -2.27. The van der Waals surface area contributed by atoms with E-state index in [1.807, 2.05) is 0 Å². The largest absolute Gasteiger partial charge is 0.373 e. The fourth-order valence-electron chi connectivity index (χ4n) is 2.82. The third kappa shape index (κ3) is 2.31. The lowest BCUT2D eigenvalue weighted by Gasteiger charge is -2.07. The number of carbonyl (C=O) groups is 1. The van der Waals surface area contributed by atoms with Gasteiger partial charge in [-0.15, -0.1) is 0 Å². The molecule has 2 N–H and O–H groups in total. The number of hydrogen-bond acceptors (Lipinski definition) is 3. The number of anilines is 1. The summed E-state index contributed by atoms with van der Waals surface area (Å²) in [6.45, 7) is 9.76. The van der Waals surface area contributed by atoms with E-state index in [0.29, 0.717) is 22.3 Å². The summed E-state index contributed by atoms with van der Waals surface area (Å²) in [6.07, 6.45) is 1.60. The lowest BCUT2D eigenvalue weighted by molar-refractivity contribution is 0.0949. The zero-order valence-electron chi connectivity index (χ0n) is 12.4. The Morgan fingerprint density at radius 3 is 2.32 bits per heavy atom. The Balaban J connectivity index is 1.92. The maximum Gasteiger partial charge on any atom is 0.252 e. The molecule has 0 atom stereocenters. The van der Waals surface area contributed by atoms with E-state index in [1.54, 1.807) is 25.4 Å². The number of aromatic nitrogens is 1. The molecule has 0 radical (unpaired) electrons. The van der Waals surface area contributed by atoms with Crippen molar-refractivity contribution in [2.75, 3.05) is 18.9 Å². The van der Waals surface area contributed by atoms with Gasteiger partial charge in [0, 0.05) is 19.8 Å². The summed E-state index contributed by atoms with van der Waals surface area (Å²) in [5, 5.41) is 5.94. The van der Waals surface area contributed by atoms with Crippen LogP contribution in [0.15, 0.2) is 18.3 Å². The van der Waals surface area contributed by atoms with Gasteiger partial charge in [0.25, 0.3) is 5.91 Å². The van der Waals surface area contributed by atoms with Crippen LogP contribution < -0.4 is 10.6 Å². The molecule has 0 aromatic carbocycles. The van der Waals surface area contributed by atoms with E-state index >= 15 is 0 Å². The second-order valence-corrected chi connectivity index (χ2v) is 6.39. The molecule has 1 amide bonds. The van der Waals surface area contributed by atoms with Crippen molar-refractivity contribution in [1.29, 1.82) is 0 Å². The number of rotatable bonds is 4. The molecule has 0 aliphatic heterocycles. The Morgan fingerprint density at radius 1 is 1.26 bits per heavy atom. The van der Waals surface area contributed by atoms with Crippen molar-refractivity contribution < 1.29 is 4.79 Å². The number of amides is 1. The first-order valence-corrected chi connectivity index (χ1v) is 6.72. The molecule has 1 aromatic heterocycles. The molecule has 0 bridgehead atoms. The molecule has 1 heterocycles. The van der Waals surface area contributed by atoms with Crippen LogP contribution in [0.1, 0.15) is 38.1 Å². The van der Waals surface area contributed by atoms with Crippen molar-refractivity contribution in [2.45, 2.75) is 27.7 Å². The quantitative estimate of drug-likeness (QED) is 0.875. The Labute approximate surface area is 115 Å². The van der Waals surface area contributed by atoms with Gasteiger partial charge in [0.05, 0.1) is 5.56 Å². The molecular weight excluding hydrogens is 238 g/mol. The van der Waals surface area contributed by atoms with Gasteiger partial charge in [-0.05, 0) is 28.9 Å². The fourth-order valence-corrected chi connectivity index (χ4v) is 2.82. The number of hydrogen-bond donors (Lipinski definition) is 2. The van der Waals surface area contributed by atoms with Crippen LogP contribution in [-0.4, -0.2) is 24.5 Å². The van der Waals surface area contributed by atoms with E-state index < -0.39 is 0 Å². The van der Waals surface area contributed by atoms with Gasteiger partial charge in [-0.1, -0.05) is 27.7 Å². The van der Waals surface area contributed by atoms with Crippen LogP contribution in [0.5, 0.6) is 0 Å². The highest BCUT2D eigenvalue weighted by Crippen LogP contribution is 2.67. The van der Waals surface area contributed by atoms with Crippen LogP contribution in [0.3, 0.4) is 0 Å². The fraction of sp³-hybridized carbons (Fsp3) is 0.600. The highest BCUT2D eigenvalue weighted by Gasteiger charge is 2.64. The molecule has 1 fully saturated rings. The SMILES string of the molecule is CNc1ccc(C(=O)NCC2C(C)(C)C2(C)C)cn1. The molecule has 1 aliphatic rings. The van der Waals surface area contributed by atoms with Crippen LogP contribution >= 0.6 is 0 Å². The molecule has 1 aromatic rings. The van der Waals surface area contributed by atoms with E-state index in [9.17, 15) is 4.79 Å². The maximum absolute atomic E-state index is 12.0. The lowest BCUT2D eigenvalue weighted by atomic mass is 10.0. The Morgan fingerprint density at radius 2 is 1.89 bits per heavy atom. The summed E-state index contributed by atoms with van der Waals surface area (Å²) in [5.41, 5.74) is 1.21. The van der Waals surface area contributed by atoms with Crippen molar-refractivity contribution >= 4 is 11.7 Å². The average Bonchev–Trinajstić information content (AvgIpc) is 2.77. The Kier molecular flexibility index (Phi) is 3.29. The first-order chi connectivity index (χ1) is 8.80. The van der Waals surface area contributed by atoms with Gasteiger partial charge in [0.1, 0.15) is 5.82 Å². The van der Waals surface area contributed by atoms with Crippen molar-refractivity contribution in [2.24, 2.45) is 16.7 Å². The molecule has 104 valence electrons. The molecule has 1 aliphatic carbocycles. The van der Waals surface area contributed by atoms with Crippen molar-refractivity contribution in [3.63, 3.8) is 0 Å². The van der Waals surface area contributed by atoms with Gasteiger partial charge in [0.15, 0.2) is 0 Å². The van der Waals surface area contributed by atoms with Gasteiger partial charge in [-0.2, -0.15) is 0 Å². The molecule has 19 heavy (non-hydrogen) atoms. The molecule has 0 spiro atoms. The van der Waals surface area contributed by atoms with Crippen LogP contribution in [0.2, 0.25) is 0 Å². The first kappa shape index (κ1) is 13.8. The summed E-state index contributed by atoms with van der Waals surface area (Å²) in [6, 6.07) is 3.59. The molecule has 0 unspecified atom stereocenters. The summed E-state index contributed by atoms with van der Waals surface area (Å²) < 4.78 is 0. The summed E-state index contributed by atoms with van der Waals surface area (Å²) in [7, 11) is 1.80. The van der Waals surface area contributed by atoms with Gasteiger partial charge in [-0.25, -0.2) is 4.98 Å². The molecule has 4 heteroatoms. The summed E-state index contributed by atoms with van der Waals surface area (Å²) in [5.74, 6) is 1.25. The number of carbonyl (C=O) groups excluding carboxylic acids is 1. The van der Waals surface area contributed by atoms with Gasteiger partial charge in [0.2, 0.25) is 0 Å². The van der Waals surface area contributed by atoms with E-state index in [4.69, 9.17) is 0 Å². The highest BCUT2D eigenvalue weighted by atomic mass is 16.1. The Bertz CT molecular complexity index is 463. The molecule has 1 saturated carbocycles. The molecule has 0 saturated heterocycles. The third-order valence-electron chi connectivity index (χ3n) is 5.07. The first-order valence-electron chi connectivity index (χ1n) is 6.72. The second kappa shape index (κ2) is 4.51. The van der Waals surface area contributed by atoms with Gasteiger partial charge in [-0.3, -0.25) is 4.79 Å². The Hall–Kier alpha value is -1.58. The highest BCUT2D eigenvalue weighted by molar-refractivity contribution is 5.94. The number of nitrogens with zero attached hydrogens (tertiary/aromatic N) is 1. The van der Waals surface area contributed by atoms with Crippen LogP contribution in [0, 0.1) is 16.7 Å². The van der Waals surface area contributed by atoms with Crippen molar-refractivity contribution in [1.82, 2.24) is 10.3 Å². The van der Waals surface area contributed by atoms with E-state index in [2.05, 4.69) is 43.3 Å². The van der Waals surface area contributed by atoms with Crippen molar-refractivity contribution in [3.05, 3.63) is 23.9 Å². The predicted octanol–water partition coefficient (Wildman–Crippen LogP) is 2.54. The van der Waals surface area contributed by atoms with E-state index in [0.717, 1.165) is 12.4 Å². The minimum Gasteiger partial charge on any atom is -0.373 e. The summed E-state index contributed by atoms with van der Waals surface area (Å²) in [4.78, 5) is 16.2. The predicted molar refractivity (Wildman–Crippen MR) is 77.2 cm³/mol. The zero-order chi connectivity index (χ0) is 14.3. The van der Waals surface area contributed by atoms with Gasteiger partial charge >= 0.3 is 0 Å². The van der Waals surface area contributed by atoms with Crippen LogP contribution in [0.25, 0.3) is 0 Å². The van der Waals surface area contributed by atoms with Crippen LogP contribution in [0.4, 0.5) is 5.82 Å². The zero-order valence-corrected chi connectivity index (χ0v) is 12.4. The molecule has 2 rings (SSSR count). The molecular formula is C15H23N3O. The third-order valence-corrected chi connectivity index (χ3v) is 5.07. The standard InChI is InChI=1S/C15H23N3O/c1-14(2)11(15(14,3)4)9-18-13(19)10-6-7-12(16-5)17-8-10/h6-8,11H,9H2,1-5H3,(H,16,17)(H,18,19). The molecule has 4 nitrogen and oxygen atoms in total. The smallest absolute Gasteiger partial charge is 0.252 e. The second-order valence-electron chi connectivity index (χ2n) is 6.39. The normalized spacial score (nSPS) is 19.8. The number of nitrogens with one attached hydrogen (secondary N) is 2. The number of pyridine rings is 1. The van der Waals surface area contributed by atoms with E-state index in [1.165, 1.54) is 0 Å². The minimum atomic E-state index is -0.0475. The van der Waals surface area contributed by atoms with Crippen molar-refractivity contribution in [3.8, 4) is 0 Å². The van der Waals surface area contributed by atoms with Crippen LogP contribution in [-0.2, 0) is 0 Å². The topological polar surface area (TPSA) is 54.0 Å². The van der Waals surface area contributed by atoms with E-state index in [-0.39, 0.29) is 5.91 Å². The average molecular weight is 261 g/mol. The monoisotopic (exact) mass is 261 g/mol.